The van der Waals surface area contributed by atoms with Crippen molar-refractivity contribution in [3.05, 3.63) is 41.7 Å². The number of aromatic amines is 1. The Kier molecular flexibility index (Phi) is 5.69. The Morgan fingerprint density at radius 1 is 1.30 bits per heavy atom. The van der Waals surface area contributed by atoms with Gasteiger partial charge in [-0.15, -0.1) is 11.3 Å². The zero-order valence-corrected chi connectivity index (χ0v) is 19.5. The molecule has 1 atom stereocenters. The van der Waals surface area contributed by atoms with E-state index in [-0.39, 0.29) is 21.9 Å². The van der Waals surface area contributed by atoms with Crippen LogP contribution in [0.5, 0.6) is 0 Å². The molecule has 5 N–H and O–H groups in total. The van der Waals surface area contributed by atoms with E-state index in [0.29, 0.717) is 16.4 Å². The van der Waals surface area contributed by atoms with Gasteiger partial charge in [-0.2, -0.15) is 5.10 Å². The molecule has 2 aliphatic rings. The van der Waals surface area contributed by atoms with Crippen molar-refractivity contribution >= 4 is 38.6 Å². The highest BCUT2D eigenvalue weighted by atomic mass is 32.2. The van der Waals surface area contributed by atoms with Crippen molar-refractivity contribution in [2.75, 3.05) is 36.4 Å². The van der Waals surface area contributed by atoms with Gasteiger partial charge in [0.25, 0.3) is 5.91 Å². The van der Waals surface area contributed by atoms with Crippen LogP contribution in [0, 0.1) is 5.41 Å². The molecule has 2 aromatic heterocycles. The maximum absolute atomic E-state index is 13.0. The number of sulfonamides is 1. The standard InChI is InChI=1S/C21H25N7O3S2/c22-33(30,31)15-2-3-16(18(8-15)28-7-1-4-21(13-28)5-6-23-12-21)26-19(29)17-11-32-20(27-17)14-9-24-25-10-14/h2-3,8-11,23H,1,4-7,12-13H2,(H,24,25)(H,26,29)(H2,22,30,31). The lowest BCUT2D eigenvalue weighted by atomic mass is 9.79. The number of piperidine rings is 1. The summed E-state index contributed by atoms with van der Waals surface area (Å²) in [5, 5.41) is 20.8. The summed E-state index contributed by atoms with van der Waals surface area (Å²) in [6.07, 6.45) is 6.57. The quantitative estimate of drug-likeness (QED) is 0.430. The normalized spacial score (nSPS) is 20.9. The first kappa shape index (κ1) is 22.0. The molecule has 33 heavy (non-hydrogen) atoms. The molecule has 1 spiro atoms. The lowest BCUT2D eigenvalue weighted by molar-refractivity contribution is 0.102. The number of amides is 1. The highest BCUT2D eigenvalue weighted by Crippen LogP contribution is 2.40. The number of nitrogens with zero attached hydrogens (tertiary/aromatic N) is 3. The van der Waals surface area contributed by atoms with E-state index in [4.69, 9.17) is 5.14 Å². The fraction of sp³-hybridized carbons (Fsp3) is 0.381. The van der Waals surface area contributed by atoms with E-state index in [1.807, 2.05) is 0 Å². The summed E-state index contributed by atoms with van der Waals surface area (Å²) < 4.78 is 24.1. The maximum atomic E-state index is 13.0. The highest BCUT2D eigenvalue weighted by Gasteiger charge is 2.38. The number of hydrogen-bond acceptors (Lipinski definition) is 8. The monoisotopic (exact) mass is 487 g/mol. The molecule has 2 saturated heterocycles. The lowest BCUT2D eigenvalue weighted by Gasteiger charge is -2.42. The van der Waals surface area contributed by atoms with Gasteiger partial charge in [-0.05, 0) is 44.0 Å². The summed E-state index contributed by atoms with van der Waals surface area (Å²) in [4.78, 5) is 19.6. The van der Waals surface area contributed by atoms with Crippen LogP contribution in [-0.2, 0) is 10.0 Å². The summed E-state index contributed by atoms with van der Waals surface area (Å²) in [5.74, 6) is -0.361. The molecule has 2 fully saturated rings. The van der Waals surface area contributed by atoms with Crippen LogP contribution in [0.15, 0.2) is 40.9 Å². The molecule has 1 aromatic carbocycles. The van der Waals surface area contributed by atoms with Crippen molar-refractivity contribution in [2.24, 2.45) is 10.6 Å². The zero-order chi connectivity index (χ0) is 23.1. The molecule has 4 heterocycles. The van der Waals surface area contributed by atoms with Gasteiger partial charge in [0.15, 0.2) is 0 Å². The van der Waals surface area contributed by atoms with Gasteiger partial charge < -0.3 is 15.5 Å². The van der Waals surface area contributed by atoms with Gasteiger partial charge in [0.1, 0.15) is 10.7 Å². The van der Waals surface area contributed by atoms with Crippen molar-refractivity contribution < 1.29 is 13.2 Å². The highest BCUT2D eigenvalue weighted by molar-refractivity contribution is 7.89. The van der Waals surface area contributed by atoms with Crippen LogP contribution in [0.4, 0.5) is 11.4 Å². The molecule has 12 heteroatoms. The van der Waals surface area contributed by atoms with Crippen molar-refractivity contribution in [3.8, 4) is 10.6 Å². The van der Waals surface area contributed by atoms with E-state index in [1.54, 1.807) is 29.9 Å². The Morgan fingerprint density at radius 2 is 2.18 bits per heavy atom. The largest absolute Gasteiger partial charge is 0.369 e. The summed E-state index contributed by atoms with van der Waals surface area (Å²) in [6, 6.07) is 4.58. The average molecular weight is 488 g/mol. The number of primary sulfonamides is 1. The second kappa shape index (κ2) is 8.52. The second-order valence-electron chi connectivity index (χ2n) is 8.65. The Balaban J connectivity index is 1.45. The smallest absolute Gasteiger partial charge is 0.275 e. The number of carbonyl (C=O) groups is 1. The van der Waals surface area contributed by atoms with Crippen LogP contribution < -0.4 is 20.7 Å². The predicted molar refractivity (Wildman–Crippen MR) is 127 cm³/mol. The average Bonchev–Trinajstić information content (AvgIpc) is 3.55. The summed E-state index contributed by atoms with van der Waals surface area (Å²) in [5.41, 5.74) is 2.44. The van der Waals surface area contributed by atoms with E-state index >= 15 is 0 Å². The number of aromatic nitrogens is 3. The fourth-order valence-corrected chi connectivity index (χ4v) is 5.99. The summed E-state index contributed by atoms with van der Waals surface area (Å²) in [7, 11) is -3.88. The van der Waals surface area contributed by atoms with E-state index in [0.717, 1.165) is 51.0 Å². The van der Waals surface area contributed by atoms with Crippen LogP contribution in [-0.4, -0.2) is 55.7 Å². The number of hydrogen-bond donors (Lipinski definition) is 4. The van der Waals surface area contributed by atoms with Crippen LogP contribution >= 0.6 is 11.3 Å². The molecule has 2 aliphatic heterocycles. The third kappa shape index (κ3) is 4.51. The third-order valence-electron chi connectivity index (χ3n) is 6.36. The van der Waals surface area contributed by atoms with Gasteiger partial charge in [0, 0.05) is 42.2 Å². The van der Waals surface area contributed by atoms with E-state index < -0.39 is 10.0 Å². The Morgan fingerprint density at radius 3 is 2.91 bits per heavy atom. The van der Waals surface area contributed by atoms with Crippen molar-refractivity contribution in [2.45, 2.75) is 24.2 Å². The molecule has 1 amide bonds. The molecule has 1 unspecified atom stereocenters. The summed E-state index contributed by atoms with van der Waals surface area (Å²) >= 11 is 1.35. The minimum Gasteiger partial charge on any atom is -0.369 e. The van der Waals surface area contributed by atoms with Gasteiger partial charge in [-0.3, -0.25) is 9.89 Å². The number of rotatable bonds is 5. The molecule has 3 aromatic rings. The van der Waals surface area contributed by atoms with E-state index in [1.165, 1.54) is 17.4 Å². The Bertz CT molecular complexity index is 1260. The molecule has 5 rings (SSSR count). The van der Waals surface area contributed by atoms with Crippen LogP contribution in [0.1, 0.15) is 29.8 Å². The second-order valence-corrected chi connectivity index (χ2v) is 11.1. The van der Waals surface area contributed by atoms with Gasteiger partial charge in [0.05, 0.1) is 22.5 Å². The van der Waals surface area contributed by atoms with Crippen molar-refractivity contribution in [1.29, 1.82) is 0 Å². The lowest BCUT2D eigenvalue weighted by Crippen LogP contribution is -2.44. The number of carbonyl (C=O) groups excluding carboxylic acids is 1. The first-order chi connectivity index (χ1) is 15.8. The van der Waals surface area contributed by atoms with Gasteiger partial charge in [-0.25, -0.2) is 18.5 Å². The molecule has 10 nitrogen and oxygen atoms in total. The van der Waals surface area contributed by atoms with Gasteiger partial charge in [0.2, 0.25) is 10.0 Å². The molecule has 0 saturated carbocycles. The van der Waals surface area contributed by atoms with Crippen molar-refractivity contribution in [1.82, 2.24) is 20.5 Å². The molecular weight excluding hydrogens is 462 g/mol. The molecule has 174 valence electrons. The molecular formula is C21H25N7O3S2. The van der Waals surface area contributed by atoms with Crippen LogP contribution in [0.2, 0.25) is 0 Å². The summed E-state index contributed by atoms with van der Waals surface area (Å²) in [6.45, 7) is 3.49. The molecule has 0 aliphatic carbocycles. The van der Waals surface area contributed by atoms with E-state index in [9.17, 15) is 13.2 Å². The fourth-order valence-electron chi connectivity index (χ4n) is 4.68. The Labute approximate surface area is 195 Å². The molecule has 0 radical (unpaired) electrons. The van der Waals surface area contributed by atoms with Gasteiger partial charge in [-0.1, -0.05) is 0 Å². The topological polar surface area (TPSA) is 146 Å². The number of nitrogens with one attached hydrogen (secondary N) is 3. The van der Waals surface area contributed by atoms with Gasteiger partial charge >= 0.3 is 0 Å². The van der Waals surface area contributed by atoms with Crippen LogP contribution in [0.3, 0.4) is 0 Å². The first-order valence-corrected chi connectivity index (χ1v) is 13.1. The predicted octanol–water partition coefficient (Wildman–Crippen LogP) is 2.01. The van der Waals surface area contributed by atoms with E-state index in [2.05, 4.69) is 30.7 Å². The molecule has 0 bridgehead atoms. The maximum Gasteiger partial charge on any atom is 0.275 e. The minimum absolute atomic E-state index is 0.0237. The number of anilines is 2. The number of H-pyrrole nitrogens is 1. The number of thiazole rings is 1. The third-order valence-corrected chi connectivity index (χ3v) is 8.16. The minimum atomic E-state index is -3.88. The number of nitrogens with two attached hydrogens (primary N) is 1. The number of benzene rings is 1. The first-order valence-electron chi connectivity index (χ1n) is 10.7. The Hall–Kier alpha value is -2.80. The van der Waals surface area contributed by atoms with Crippen LogP contribution in [0.25, 0.3) is 10.6 Å². The van der Waals surface area contributed by atoms with Crippen molar-refractivity contribution in [3.63, 3.8) is 0 Å². The SMILES string of the molecule is NS(=O)(=O)c1ccc(NC(=O)c2csc(-c3cn[nH]c3)n2)c(N2CCCC3(CCNC3)C2)c1. The zero-order valence-electron chi connectivity index (χ0n) is 17.9.